The molecule has 3 rings (SSSR count). The Bertz CT molecular complexity index is 828. The van der Waals surface area contributed by atoms with Gasteiger partial charge in [0.2, 0.25) is 5.91 Å². The molecule has 1 aliphatic carbocycles. The second kappa shape index (κ2) is 11.0. The molecule has 29 heavy (non-hydrogen) atoms. The predicted octanol–water partition coefficient (Wildman–Crippen LogP) is 3.74. The molecule has 3 N–H and O–H groups in total. The lowest BCUT2D eigenvalue weighted by molar-refractivity contribution is -0.122. The van der Waals surface area contributed by atoms with Crippen LogP contribution in [0, 0.1) is 5.92 Å². The molecule has 2 aromatic rings. The van der Waals surface area contributed by atoms with Crippen molar-refractivity contribution in [3.8, 4) is 0 Å². The highest BCUT2D eigenvalue weighted by Crippen LogP contribution is 2.27. The summed E-state index contributed by atoms with van der Waals surface area (Å²) in [6, 6.07) is 7.95. The molecule has 156 valence electrons. The topological polar surface area (TPSA) is 78.4 Å². The average molecular weight is 414 g/mol. The van der Waals surface area contributed by atoms with E-state index in [2.05, 4.69) is 39.8 Å². The van der Waals surface area contributed by atoms with Crippen molar-refractivity contribution in [3.63, 3.8) is 0 Å². The van der Waals surface area contributed by atoms with Crippen LogP contribution in [0.15, 0.2) is 35.5 Å². The number of hydrogen-bond acceptors (Lipinski definition) is 4. The van der Waals surface area contributed by atoms with Crippen LogP contribution in [0.2, 0.25) is 0 Å². The van der Waals surface area contributed by atoms with Gasteiger partial charge in [0.15, 0.2) is 5.96 Å². The van der Waals surface area contributed by atoms with Crippen molar-refractivity contribution >= 4 is 28.9 Å². The van der Waals surface area contributed by atoms with Crippen LogP contribution in [-0.4, -0.2) is 29.9 Å². The molecule has 0 bridgehead atoms. The molecule has 1 saturated carbocycles. The lowest BCUT2D eigenvalue weighted by Gasteiger charge is -2.24. The standard InChI is InChI=1S/C22H31N5OS/c1-3-19-15-25-20(29-19)11-12-24-22(23-4-2)26-14-16-7-5-10-18(13-16)27-21(28)17-8-6-9-17/h5,7,10,13,15,17H,3-4,6,8-9,11-12,14H2,1-2H3,(H,27,28)(H2,23,24,26). The van der Waals surface area contributed by atoms with E-state index in [1.165, 1.54) is 4.88 Å². The first-order valence-corrected chi connectivity index (χ1v) is 11.3. The van der Waals surface area contributed by atoms with Crippen molar-refractivity contribution in [2.24, 2.45) is 10.9 Å². The molecule has 0 radical (unpaired) electrons. The molecule has 1 aliphatic rings. The molecule has 1 aromatic heterocycles. The minimum absolute atomic E-state index is 0.139. The van der Waals surface area contributed by atoms with E-state index >= 15 is 0 Å². The first-order chi connectivity index (χ1) is 14.2. The van der Waals surface area contributed by atoms with Crippen molar-refractivity contribution < 1.29 is 4.79 Å². The minimum Gasteiger partial charge on any atom is -0.357 e. The highest BCUT2D eigenvalue weighted by Gasteiger charge is 2.25. The molecule has 0 unspecified atom stereocenters. The minimum atomic E-state index is 0.139. The number of benzene rings is 1. The fourth-order valence-corrected chi connectivity index (χ4v) is 3.95. The summed E-state index contributed by atoms with van der Waals surface area (Å²) in [4.78, 5) is 22.6. The van der Waals surface area contributed by atoms with Crippen LogP contribution in [-0.2, 0) is 24.2 Å². The number of carbonyl (C=O) groups excluding carboxylic acids is 1. The number of hydrogen-bond donors (Lipinski definition) is 3. The van der Waals surface area contributed by atoms with Gasteiger partial charge in [0.1, 0.15) is 0 Å². The quantitative estimate of drug-likeness (QED) is 0.432. The summed E-state index contributed by atoms with van der Waals surface area (Å²) in [6.07, 6.45) is 7.07. The van der Waals surface area contributed by atoms with Crippen LogP contribution >= 0.6 is 11.3 Å². The number of thiazole rings is 1. The van der Waals surface area contributed by atoms with Crippen LogP contribution in [0.25, 0.3) is 0 Å². The van der Waals surface area contributed by atoms with Gasteiger partial charge in [0.05, 0.1) is 11.6 Å². The second-order valence-electron chi connectivity index (χ2n) is 7.26. The number of aryl methyl sites for hydroxylation is 1. The number of nitrogens with zero attached hydrogens (tertiary/aromatic N) is 2. The Morgan fingerprint density at radius 2 is 2.14 bits per heavy atom. The summed E-state index contributed by atoms with van der Waals surface area (Å²) in [7, 11) is 0. The van der Waals surface area contributed by atoms with Crippen molar-refractivity contribution in [1.29, 1.82) is 0 Å². The molecule has 0 aliphatic heterocycles. The average Bonchev–Trinajstić information content (AvgIpc) is 3.13. The fourth-order valence-electron chi connectivity index (χ4n) is 3.09. The third kappa shape index (κ3) is 6.56. The molecular formula is C22H31N5OS. The van der Waals surface area contributed by atoms with E-state index < -0.39 is 0 Å². The SMILES string of the molecule is CCNC(=NCc1cccc(NC(=O)C2CCC2)c1)NCCc1ncc(CC)s1. The van der Waals surface area contributed by atoms with Crippen molar-refractivity contribution in [2.45, 2.75) is 52.5 Å². The van der Waals surface area contributed by atoms with Crippen LogP contribution < -0.4 is 16.0 Å². The molecule has 6 nitrogen and oxygen atoms in total. The molecule has 1 heterocycles. The van der Waals surface area contributed by atoms with Crippen LogP contribution in [0.4, 0.5) is 5.69 Å². The number of anilines is 1. The van der Waals surface area contributed by atoms with E-state index in [9.17, 15) is 4.79 Å². The van der Waals surface area contributed by atoms with Crippen LogP contribution in [0.1, 0.15) is 48.6 Å². The molecular weight excluding hydrogens is 382 g/mol. The maximum Gasteiger partial charge on any atom is 0.227 e. The normalized spacial score (nSPS) is 14.3. The van der Waals surface area contributed by atoms with Gasteiger partial charge in [-0.2, -0.15) is 0 Å². The van der Waals surface area contributed by atoms with E-state index in [1.54, 1.807) is 11.3 Å². The maximum absolute atomic E-state index is 12.2. The number of amides is 1. The van der Waals surface area contributed by atoms with Crippen molar-refractivity contribution in [3.05, 3.63) is 45.9 Å². The Hall–Kier alpha value is -2.41. The van der Waals surface area contributed by atoms with Crippen LogP contribution in [0.5, 0.6) is 0 Å². The zero-order chi connectivity index (χ0) is 20.5. The molecule has 7 heteroatoms. The maximum atomic E-state index is 12.2. The van der Waals surface area contributed by atoms with Gasteiger partial charge in [0.25, 0.3) is 0 Å². The van der Waals surface area contributed by atoms with Crippen LogP contribution in [0.3, 0.4) is 0 Å². The summed E-state index contributed by atoms with van der Waals surface area (Å²) in [5.41, 5.74) is 1.92. The van der Waals surface area contributed by atoms with Gasteiger partial charge in [-0.3, -0.25) is 4.79 Å². The third-order valence-electron chi connectivity index (χ3n) is 5.02. The smallest absolute Gasteiger partial charge is 0.227 e. The lowest BCUT2D eigenvalue weighted by atomic mass is 9.85. The monoisotopic (exact) mass is 413 g/mol. The summed E-state index contributed by atoms with van der Waals surface area (Å²) in [5, 5.41) is 10.8. The summed E-state index contributed by atoms with van der Waals surface area (Å²) in [5.74, 6) is 1.12. The van der Waals surface area contributed by atoms with E-state index in [4.69, 9.17) is 0 Å². The zero-order valence-corrected chi connectivity index (χ0v) is 18.1. The number of aliphatic imine (C=N–C) groups is 1. The van der Waals surface area contributed by atoms with Gasteiger partial charge in [0, 0.05) is 42.2 Å². The van der Waals surface area contributed by atoms with Gasteiger partial charge in [-0.15, -0.1) is 11.3 Å². The Balaban J connectivity index is 1.51. The van der Waals surface area contributed by atoms with Gasteiger partial charge < -0.3 is 16.0 Å². The second-order valence-corrected chi connectivity index (χ2v) is 8.46. The third-order valence-corrected chi connectivity index (χ3v) is 6.22. The Morgan fingerprint density at radius 3 is 2.83 bits per heavy atom. The highest BCUT2D eigenvalue weighted by molar-refractivity contribution is 7.11. The van der Waals surface area contributed by atoms with Gasteiger partial charge >= 0.3 is 0 Å². The van der Waals surface area contributed by atoms with Gasteiger partial charge in [-0.05, 0) is 43.9 Å². The van der Waals surface area contributed by atoms with E-state index in [0.717, 1.165) is 67.4 Å². The van der Waals surface area contributed by atoms with E-state index in [1.807, 2.05) is 30.5 Å². The first kappa shape index (κ1) is 21.3. The molecule has 0 spiro atoms. The van der Waals surface area contributed by atoms with Gasteiger partial charge in [-0.25, -0.2) is 9.98 Å². The molecule has 1 amide bonds. The largest absolute Gasteiger partial charge is 0.357 e. The lowest BCUT2D eigenvalue weighted by Crippen LogP contribution is -2.38. The van der Waals surface area contributed by atoms with Crippen molar-refractivity contribution in [2.75, 3.05) is 18.4 Å². The fraction of sp³-hybridized carbons (Fsp3) is 0.500. The van der Waals surface area contributed by atoms with E-state index in [0.29, 0.717) is 6.54 Å². The highest BCUT2D eigenvalue weighted by atomic mass is 32.1. The number of carbonyl (C=O) groups is 1. The van der Waals surface area contributed by atoms with E-state index in [-0.39, 0.29) is 11.8 Å². The number of nitrogens with one attached hydrogen (secondary N) is 3. The number of guanidine groups is 1. The number of aromatic nitrogens is 1. The zero-order valence-electron chi connectivity index (χ0n) is 17.3. The summed E-state index contributed by atoms with van der Waals surface area (Å²) in [6.45, 7) is 6.36. The Labute approximate surface area is 177 Å². The summed E-state index contributed by atoms with van der Waals surface area (Å²) >= 11 is 1.78. The van der Waals surface area contributed by atoms with Crippen molar-refractivity contribution in [1.82, 2.24) is 15.6 Å². The first-order valence-electron chi connectivity index (χ1n) is 10.5. The molecule has 1 fully saturated rings. The van der Waals surface area contributed by atoms with Gasteiger partial charge in [-0.1, -0.05) is 25.5 Å². The Morgan fingerprint density at radius 1 is 1.28 bits per heavy atom. The summed E-state index contributed by atoms with van der Waals surface area (Å²) < 4.78 is 0. The molecule has 1 aromatic carbocycles. The molecule has 0 atom stereocenters. The molecule has 0 saturated heterocycles. The number of rotatable bonds is 9. The Kier molecular flexibility index (Phi) is 8.04. The predicted molar refractivity (Wildman–Crippen MR) is 120 cm³/mol.